The molecule has 0 radical (unpaired) electrons. The van der Waals surface area contributed by atoms with E-state index < -0.39 is 10.0 Å². The van der Waals surface area contributed by atoms with Gasteiger partial charge in [-0.2, -0.15) is 0 Å². The maximum Gasteiger partial charge on any atom is 0.211 e. The van der Waals surface area contributed by atoms with Gasteiger partial charge in [-0.25, -0.2) is 13.1 Å². The molecule has 5 nitrogen and oxygen atoms in total. The first-order valence-electron chi connectivity index (χ1n) is 11.9. The highest BCUT2D eigenvalue weighted by Crippen LogP contribution is 2.33. The van der Waals surface area contributed by atoms with Gasteiger partial charge in [0.05, 0.1) is 5.75 Å². The van der Waals surface area contributed by atoms with Crippen LogP contribution in [0.4, 0.5) is 0 Å². The van der Waals surface area contributed by atoms with E-state index in [2.05, 4.69) is 66.6 Å². The molecule has 0 saturated heterocycles. The molecule has 0 unspecified atom stereocenters. The van der Waals surface area contributed by atoms with Crippen molar-refractivity contribution in [3.8, 4) is 16.9 Å². The number of aromatic hydroxyl groups is 1. The van der Waals surface area contributed by atoms with E-state index in [0.717, 1.165) is 33.8 Å². The van der Waals surface area contributed by atoms with E-state index in [1.807, 2.05) is 19.1 Å². The molecule has 0 amide bonds. The largest absolute Gasteiger partial charge is 0.508 e. The van der Waals surface area contributed by atoms with Crippen LogP contribution in [0.3, 0.4) is 0 Å². The number of fused-ring (bicyclic) bond motifs is 2. The Bertz CT molecular complexity index is 1430. The Hall–Kier alpha value is -2.83. The van der Waals surface area contributed by atoms with Crippen molar-refractivity contribution < 1.29 is 13.5 Å². The predicted octanol–water partition coefficient (Wildman–Crippen LogP) is 6.09. The average Bonchev–Trinajstić information content (AvgIpc) is 3.08. The zero-order valence-electron chi connectivity index (χ0n) is 20.4. The predicted molar refractivity (Wildman–Crippen MR) is 142 cm³/mol. The molecular weight excluding hydrogens is 444 g/mol. The van der Waals surface area contributed by atoms with E-state index in [9.17, 15) is 13.5 Å². The van der Waals surface area contributed by atoms with Gasteiger partial charge in [-0.3, -0.25) is 0 Å². The molecular formula is C28H34N2O3S. The van der Waals surface area contributed by atoms with Gasteiger partial charge in [0.25, 0.3) is 0 Å². The van der Waals surface area contributed by atoms with E-state index in [-0.39, 0.29) is 16.9 Å². The second kappa shape index (κ2) is 9.43. The van der Waals surface area contributed by atoms with Gasteiger partial charge in [-0.05, 0) is 76.1 Å². The number of phenols is 1. The molecule has 0 aliphatic rings. The molecule has 0 saturated carbocycles. The topological polar surface area (TPSA) is 71.3 Å². The monoisotopic (exact) mass is 478 g/mol. The summed E-state index contributed by atoms with van der Waals surface area (Å²) in [7, 11) is -3.22. The fraction of sp³-hybridized carbons (Fsp3) is 0.357. The van der Waals surface area contributed by atoms with Crippen LogP contribution in [0.5, 0.6) is 5.75 Å². The number of hydrogen-bond donors (Lipinski definition) is 2. The number of rotatable bonds is 8. The zero-order chi connectivity index (χ0) is 24.5. The number of nitrogens with one attached hydrogen (secondary N) is 1. The van der Waals surface area contributed by atoms with E-state index in [1.54, 1.807) is 12.1 Å². The molecule has 0 atom stereocenters. The third kappa shape index (κ3) is 5.62. The third-order valence-electron chi connectivity index (χ3n) is 5.99. The second-order valence-corrected chi connectivity index (χ2v) is 12.2. The van der Waals surface area contributed by atoms with Gasteiger partial charge in [0, 0.05) is 30.2 Å². The molecule has 0 aliphatic carbocycles. The van der Waals surface area contributed by atoms with Crippen molar-refractivity contribution in [1.29, 1.82) is 0 Å². The van der Waals surface area contributed by atoms with E-state index in [4.69, 9.17) is 0 Å². The molecule has 180 valence electrons. The number of hydrogen-bond acceptors (Lipinski definition) is 3. The van der Waals surface area contributed by atoms with Crippen LogP contribution in [-0.4, -0.2) is 30.4 Å². The summed E-state index contributed by atoms with van der Waals surface area (Å²) < 4.78 is 29.0. The summed E-state index contributed by atoms with van der Waals surface area (Å²) in [6, 6.07) is 18.2. The van der Waals surface area contributed by atoms with Gasteiger partial charge >= 0.3 is 0 Å². The van der Waals surface area contributed by atoms with Crippen molar-refractivity contribution in [2.75, 3.05) is 12.3 Å². The first-order valence-corrected chi connectivity index (χ1v) is 13.5. The highest BCUT2D eigenvalue weighted by atomic mass is 32.2. The zero-order valence-corrected chi connectivity index (χ0v) is 21.2. The lowest BCUT2D eigenvalue weighted by atomic mass is 9.87. The standard InChI is InChI=1S/C28H34N2O3S/c1-5-14-34(32,33)29-12-13-30-19-24(18-28(2,3)4)26-17-23(9-11-27(26)30)20-6-7-22-16-25(31)10-8-21(22)15-20/h6-11,15-17,19,29,31H,5,12-14,18H2,1-4H3. The minimum Gasteiger partial charge on any atom is -0.508 e. The van der Waals surface area contributed by atoms with Gasteiger partial charge in [-0.15, -0.1) is 0 Å². The summed E-state index contributed by atoms with van der Waals surface area (Å²) in [6.45, 7) is 9.53. The van der Waals surface area contributed by atoms with Crippen LogP contribution in [0, 0.1) is 5.41 Å². The quantitative estimate of drug-likeness (QED) is 0.322. The molecule has 0 fully saturated rings. The van der Waals surface area contributed by atoms with Crippen LogP contribution in [0.15, 0.2) is 60.8 Å². The molecule has 1 aromatic heterocycles. The Morgan fingerprint density at radius 3 is 2.35 bits per heavy atom. The summed E-state index contributed by atoms with van der Waals surface area (Å²) >= 11 is 0. The summed E-state index contributed by atoms with van der Waals surface area (Å²) in [4.78, 5) is 0. The fourth-order valence-corrected chi connectivity index (χ4v) is 5.61. The first kappa shape index (κ1) is 24.3. The molecule has 2 N–H and O–H groups in total. The molecule has 34 heavy (non-hydrogen) atoms. The normalized spacial score (nSPS) is 12.6. The number of benzene rings is 3. The summed E-state index contributed by atoms with van der Waals surface area (Å²) in [5.41, 5.74) is 4.78. The van der Waals surface area contributed by atoms with Crippen LogP contribution < -0.4 is 4.72 Å². The van der Waals surface area contributed by atoms with Crippen molar-refractivity contribution in [3.63, 3.8) is 0 Å². The van der Waals surface area contributed by atoms with Crippen molar-refractivity contribution in [2.45, 2.75) is 47.1 Å². The highest BCUT2D eigenvalue weighted by molar-refractivity contribution is 7.89. The Kier molecular flexibility index (Phi) is 6.74. The van der Waals surface area contributed by atoms with E-state index in [1.165, 1.54) is 10.9 Å². The van der Waals surface area contributed by atoms with Crippen LogP contribution in [0.1, 0.15) is 39.7 Å². The molecule has 0 aliphatic heterocycles. The van der Waals surface area contributed by atoms with Crippen LogP contribution in [-0.2, 0) is 23.0 Å². The fourth-order valence-electron chi connectivity index (χ4n) is 4.52. The smallest absolute Gasteiger partial charge is 0.211 e. The third-order valence-corrected chi connectivity index (χ3v) is 7.58. The van der Waals surface area contributed by atoms with E-state index >= 15 is 0 Å². The van der Waals surface area contributed by atoms with E-state index in [0.29, 0.717) is 19.5 Å². The number of aromatic nitrogens is 1. The molecule has 1 heterocycles. The molecule has 0 bridgehead atoms. The Morgan fingerprint density at radius 1 is 0.941 bits per heavy atom. The van der Waals surface area contributed by atoms with Crippen molar-refractivity contribution in [1.82, 2.24) is 9.29 Å². The van der Waals surface area contributed by atoms with Crippen molar-refractivity contribution in [3.05, 3.63) is 66.4 Å². The van der Waals surface area contributed by atoms with Gasteiger partial charge in [-0.1, -0.05) is 52.0 Å². The van der Waals surface area contributed by atoms with Gasteiger partial charge in [0.15, 0.2) is 0 Å². The minimum absolute atomic E-state index is 0.128. The maximum absolute atomic E-state index is 12.1. The van der Waals surface area contributed by atoms with Crippen LogP contribution in [0.2, 0.25) is 0 Å². The highest BCUT2D eigenvalue weighted by Gasteiger charge is 2.17. The van der Waals surface area contributed by atoms with Gasteiger partial charge in [0.1, 0.15) is 5.75 Å². The van der Waals surface area contributed by atoms with Gasteiger partial charge < -0.3 is 9.67 Å². The lowest BCUT2D eigenvalue weighted by molar-refractivity contribution is 0.412. The summed E-state index contributed by atoms with van der Waals surface area (Å²) in [5.74, 6) is 0.426. The molecule has 4 rings (SSSR count). The van der Waals surface area contributed by atoms with Crippen LogP contribution >= 0.6 is 0 Å². The summed E-state index contributed by atoms with van der Waals surface area (Å²) in [6.07, 6.45) is 3.71. The maximum atomic E-state index is 12.1. The van der Waals surface area contributed by atoms with Crippen LogP contribution in [0.25, 0.3) is 32.8 Å². The van der Waals surface area contributed by atoms with Gasteiger partial charge in [0.2, 0.25) is 10.0 Å². The molecule has 4 aromatic rings. The van der Waals surface area contributed by atoms with Crippen molar-refractivity contribution in [2.24, 2.45) is 5.41 Å². The first-order chi connectivity index (χ1) is 16.0. The molecule has 6 heteroatoms. The van der Waals surface area contributed by atoms with Crippen molar-refractivity contribution >= 4 is 31.7 Å². The molecule has 0 spiro atoms. The minimum atomic E-state index is -3.22. The number of phenolic OH excluding ortho intramolecular Hbond substituents is 1. The summed E-state index contributed by atoms with van der Waals surface area (Å²) in [5, 5.41) is 13.1. The average molecular weight is 479 g/mol. The Balaban J connectivity index is 1.70. The SMILES string of the molecule is CCCS(=O)(=O)NCCn1cc(CC(C)(C)C)c2cc(-c3ccc4cc(O)ccc4c3)ccc21. The molecule has 3 aromatic carbocycles. The second-order valence-electron chi connectivity index (χ2n) is 10.3. The lowest BCUT2D eigenvalue weighted by Gasteiger charge is -2.17. The number of nitrogens with zero attached hydrogens (tertiary/aromatic N) is 1. The number of sulfonamides is 1. The Labute approximate surface area is 202 Å². The lowest BCUT2D eigenvalue weighted by Crippen LogP contribution is -2.29. The Morgan fingerprint density at radius 2 is 1.62 bits per heavy atom.